The van der Waals surface area contributed by atoms with Crippen molar-refractivity contribution < 1.29 is 18.1 Å². The van der Waals surface area contributed by atoms with Crippen LogP contribution in [0.15, 0.2) is 66.9 Å². The van der Waals surface area contributed by atoms with Crippen LogP contribution >= 0.6 is 0 Å². The summed E-state index contributed by atoms with van der Waals surface area (Å²) in [5.41, 5.74) is -0.184. The minimum atomic E-state index is -4.45. The largest absolute Gasteiger partial charge is 0.416 e. The van der Waals surface area contributed by atoms with E-state index in [9.17, 15) is 23.3 Å². The molecule has 118 valence electrons. The van der Waals surface area contributed by atoms with E-state index in [2.05, 4.69) is 17.1 Å². The molecule has 0 radical (unpaired) electrons. The zero-order chi connectivity index (χ0) is 16.9. The second kappa shape index (κ2) is 6.87. The summed E-state index contributed by atoms with van der Waals surface area (Å²) in [5.74, 6) is 0. The normalized spacial score (nSPS) is 10.7. The van der Waals surface area contributed by atoms with Gasteiger partial charge in [-0.25, -0.2) is 0 Å². The first kappa shape index (κ1) is 16.4. The summed E-state index contributed by atoms with van der Waals surface area (Å²) in [6, 6.07) is 15.1. The maximum atomic E-state index is 12.0. The van der Waals surface area contributed by atoms with Gasteiger partial charge in [0.1, 0.15) is 0 Å². The zero-order valence-corrected chi connectivity index (χ0v) is 11.7. The monoisotopic (exact) mass is 320 g/mol. The van der Waals surface area contributed by atoms with Crippen LogP contribution in [0, 0.1) is 10.1 Å². The van der Waals surface area contributed by atoms with Gasteiger partial charge in [-0.2, -0.15) is 13.2 Å². The Kier molecular flexibility index (Phi) is 4.90. The molecule has 23 heavy (non-hydrogen) atoms. The number of nitro groups is 1. The Balaban J connectivity index is 0.000000172. The van der Waals surface area contributed by atoms with E-state index < -0.39 is 16.7 Å². The predicted octanol–water partition coefficient (Wildman–Crippen LogP) is 4.85. The van der Waals surface area contributed by atoms with Crippen LogP contribution in [-0.2, 0) is 6.18 Å². The number of hydrogen-bond donors (Lipinski definition) is 0. The molecule has 0 spiro atoms. The number of aromatic nitrogens is 1. The fraction of sp³-hybridized carbons (Fsp3) is 0.0625. The van der Waals surface area contributed by atoms with Crippen LogP contribution in [0.4, 0.5) is 18.9 Å². The number of fused-ring (bicyclic) bond motifs is 1. The van der Waals surface area contributed by atoms with Crippen LogP contribution in [0.5, 0.6) is 0 Å². The van der Waals surface area contributed by atoms with Crippen molar-refractivity contribution in [3.8, 4) is 0 Å². The van der Waals surface area contributed by atoms with E-state index in [0.717, 1.165) is 17.6 Å². The second-order valence-corrected chi connectivity index (χ2v) is 4.50. The first-order chi connectivity index (χ1) is 10.9. The number of benzene rings is 2. The second-order valence-electron chi connectivity index (χ2n) is 4.50. The lowest BCUT2D eigenvalue weighted by Gasteiger charge is -2.04. The molecule has 4 nitrogen and oxygen atoms in total. The smallest absolute Gasteiger partial charge is 0.258 e. The molecule has 0 aliphatic heterocycles. The summed E-state index contributed by atoms with van der Waals surface area (Å²) in [5, 5.41) is 11.3. The molecule has 0 bridgehead atoms. The predicted molar refractivity (Wildman–Crippen MR) is 79.8 cm³/mol. The van der Waals surface area contributed by atoms with Crippen molar-refractivity contribution in [2.24, 2.45) is 0 Å². The number of alkyl halides is 3. The Labute approximate surface area is 129 Å². The quantitative estimate of drug-likeness (QED) is 0.476. The average Bonchev–Trinajstić information content (AvgIpc) is 2.55. The van der Waals surface area contributed by atoms with Gasteiger partial charge in [-0.15, -0.1) is 0 Å². The molecule has 0 saturated heterocycles. The summed E-state index contributed by atoms with van der Waals surface area (Å²) in [6.07, 6.45) is -2.64. The van der Waals surface area contributed by atoms with Crippen LogP contribution in [0.2, 0.25) is 0 Å². The van der Waals surface area contributed by atoms with Gasteiger partial charge in [-0.3, -0.25) is 15.1 Å². The molecule has 1 aromatic heterocycles. The van der Waals surface area contributed by atoms with Gasteiger partial charge >= 0.3 is 6.18 Å². The molecule has 7 heteroatoms. The lowest BCUT2D eigenvalue weighted by atomic mass is 10.2. The fourth-order valence-electron chi connectivity index (χ4n) is 1.79. The molecule has 0 aliphatic carbocycles. The fourth-order valence-corrected chi connectivity index (χ4v) is 1.79. The first-order valence-electron chi connectivity index (χ1n) is 6.49. The molecule has 0 fully saturated rings. The number of rotatable bonds is 1. The van der Waals surface area contributed by atoms with Gasteiger partial charge in [0.15, 0.2) is 0 Å². The van der Waals surface area contributed by atoms with Gasteiger partial charge in [0.05, 0.1) is 16.0 Å². The van der Waals surface area contributed by atoms with E-state index in [0.29, 0.717) is 12.1 Å². The summed E-state index contributed by atoms with van der Waals surface area (Å²) >= 11 is 0. The highest BCUT2D eigenvalue weighted by Gasteiger charge is 2.30. The van der Waals surface area contributed by atoms with Gasteiger partial charge < -0.3 is 0 Å². The third-order valence-electron chi connectivity index (χ3n) is 2.92. The van der Waals surface area contributed by atoms with Crippen LogP contribution in [-0.4, -0.2) is 9.91 Å². The van der Waals surface area contributed by atoms with Crippen LogP contribution in [0.3, 0.4) is 0 Å². The zero-order valence-electron chi connectivity index (χ0n) is 11.7. The first-order valence-corrected chi connectivity index (χ1v) is 6.49. The van der Waals surface area contributed by atoms with E-state index in [4.69, 9.17) is 0 Å². The minimum absolute atomic E-state index is 0.354. The molecule has 2 aromatic carbocycles. The van der Waals surface area contributed by atoms with Crippen molar-refractivity contribution in [2.45, 2.75) is 6.18 Å². The highest BCUT2D eigenvalue weighted by atomic mass is 19.4. The minimum Gasteiger partial charge on any atom is -0.258 e. The topological polar surface area (TPSA) is 56.0 Å². The number of para-hydroxylation sites is 1. The van der Waals surface area contributed by atoms with Crippen LogP contribution in [0.1, 0.15) is 5.56 Å². The maximum absolute atomic E-state index is 12.0. The lowest BCUT2D eigenvalue weighted by Crippen LogP contribution is -2.04. The Morgan fingerprint density at radius 3 is 2.09 bits per heavy atom. The molecule has 0 saturated carbocycles. The van der Waals surface area contributed by atoms with E-state index in [1.165, 1.54) is 5.39 Å². The van der Waals surface area contributed by atoms with Crippen molar-refractivity contribution in [2.75, 3.05) is 0 Å². The van der Waals surface area contributed by atoms with Crippen LogP contribution < -0.4 is 0 Å². The van der Waals surface area contributed by atoms with Crippen LogP contribution in [0.25, 0.3) is 10.9 Å². The number of nitrogens with zero attached hydrogens (tertiary/aromatic N) is 2. The number of pyridine rings is 1. The number of non-ortho nitro benzene ring substituents is 1. The SMILES string of the molecule is O=[N+]([O-])c1ccc(C(F)(F)F)cc1.c1ccc2ncccc2c1. The van der Waals surface area contributed by atoms with Crippen molar-refractivity contribution in [1.82, 2.24) is 4.98 Å². The standard InChI is InChI=1S/C9H7N.C7H4F3NO2/c1-2-6-9-8(4-1)5-3-7-10-9;8-7(9,10)5-1-3-6(4-2-5)11(12)13/h1-7H;1-4H. The third-order valence-corrected chi connectivity index (χ3v) is 2.92. The highest BCUT2D eigenvalue weighted by Crippen LogP contribution is 2.30. The van der Waals surface area contributed by atoms with Gasteiger partial charge in [-0.05, 0) is 24.3 Å². The molecular weight excluding hydrogens is 309 g/mol. The van der Waals surface area contributed by atoms with E-state index in [1.54, 1.807) is 0 Å². The van der Waals surface area contributed by atoms with Gasteiger partial charge in [0.2, 0.25) is 0 Å². The summed E-state index contributed by atoms with van der Waals surface area (Å²) < 4.78 is 35.9. The molecule has 0 atom stereocenters. The molecule has 0 N–H and O–H groups in total. The Morgan fingerprint density at radius 1 is 0.913 bits per heavy atom. The molecule has 1 heterocycles. The molecule has 0 unspecified atom stereocenters. The van der Waals surface area contributed by atoms with Gasteiger partial charge in [0.25, 0.3) is 5.69 Å². The highest BCUT2D eigenvalue weighted by molar-refractivity contribution is 5.77. The summed E-state index contributed by atoms with van der Waals surface area (Å²) in [7, 11) is 0. The van der Waals surface area contributed by atoms with Crippen molar-refractivity contribution in [3.05, 3.63) is 82.5 Å². The molecule has 3 rings (SSSR count). The Bertz CT molecular complexity index is 737. The van der Waals surface area contributed by atoms with E-state index in [-0.39, 0.29) is 5.69 Å². The lowest BCUT2D eigenvalue weighted by molar-refractivity contribution is -0.384. The third kappa shape index (κ3) is 4.50. The maximum Gasteiger partial charge on any atom is 0.416 e. The van der Waals surface area contributed by atoms with Crippen molar-refractivity contribution in [1.29, 1.82) is 0 Å². The number of nitro benzene ring substituents is 1. The summed E-state index contributed by atoms with van der Waals surface area (Å²) in [6.45, 7) is 0. The van der Waals surface area contributed by atoms with Gasteiger partial charge in [-0.1, -0.05) is 24.3 Å². The van der Waals surface area contributed by atoms with E-state index >= 15 is 0 Å². The molecular formula is C16H11F3N2O2. The molecule has 0 amide bonds. The molecule has 3 aromatic rings. The Morgan fingerprint density at radius 2 is 1.52 bits per heavy atom. The number of hydrogen-bond acceptors (Lipinski definition) is 3. The van der Waals surface area contributed by atoms with Crippen molar-refractivity contribution >= 4 is 16.6 Å². The van der Waals surface area contributed by atoms with Crippen molar-refractivity contribution in [3.63, 3.8) is 0 Å². The average molecular weight is 320 g/mol. The van der Waals surface area contributed by atoms with E-state index in [1.807, 2.05) is 30.5 Å². The number of halogens is 3. The summed E-state index contributed by atoms with van der Waals surface area (Å²) in [4.78, 5) is 13.5. The molecule has 0 aliphatic rings. The van der Waals surface area contributed by atoms with Gasteiger partial charge in [0, 0.05) is 23.7 Å². The Hall–Kier alpha value is -2.96.